The van der Waals surface area contributed by atoms with Crippen molar-refractivity contribution in [2.75, 3.05) is 13.2 Å². The minimum absolute atomic E-state index is 0.0414. The van der Waals surface area contributed by atoms with Crippen LogP contribution in [0.15, 0.2) is 12.1 Å². The maximum Gasteiger partial charge on any atom is 0.356 e. The Morgan fingerprint density at radius 2 is 2.33 bits per heavy atom. The van der Waals surface area contributed by atoms with Crippen molar-refractivity contribution in [1.82, 2.24) is 4.98 Å². The first-order valence-corrected chi connectivity index (χ1v) is 4.69. The topological polar surface area (TPSA) is 68.7 Å². The summed E-state index contributed by atoms with van der Waals surface area (Å²) >= 11 is 5.65. The van der Waals surface area contributed by atoms with Gasteiger partial charge in [0.25, 0.3) is 0 Å². The first-order valence-electron chi connectivity index (χ1n) is 4.31. The van der Waals surface area contributed by atoms with E-state index in [1.54, 1.807) is 0 Å². The molecule has 0 amide bonds. The zero-order chi connectivity index (χ0) is 10.8. The number of aromatic nitrogens is 1. The summed E-state index contributed by atoms with van der Waals surface area (Å²) in [6.07, 6.45) is -0.0414. The van der Waals surface area contributed by atoms with Gasteiger partial charge in [-0.05, 0) is 6.07 Å². The molecule has 0 bridgehead atoms. The molecule has 0 atom stereocenters. The number of hydrogen-bond acceptors (Lipinski definition) is 4. The second kappa shape index (κ2) is 4.04. The van der Waals surface area contributed by atoms with Crippen molar-refractivity contribution in [1.29, 1.82) is 0 Å². The van der Waals surface area contributed by atoms with Crippen LogP contribution < -0.4 is 4.74 Å². The third-order valence-corrected chi connectivity index (χ3v) is 2.22. The van der Waals surface area contributed by atoms with E-state index in [1.807, 2.05) is 0 Å². The Labute approximate surface area is 90.6 Å². The molecule has 1 saturated heterocycles. The normalized spacial score (nSPS) is 15.8. The summed E-state index contributed by atoms with van der Waals surface area (Å²) in [5.41, 5.74) is -0.200. The highest BCUT2D eigenvalue weighted by atomic mass is 35.5. The molecule has 0 aliphatic carbocycles. The first kappa shape index (κ1) is 10.2. The summed E-state index contributed by atoms with van der Waals surface area (Å²) in [6, 6.07) is 2.99. The molecule has 1 fully saturated rings. The molecule has 1 aromatic rings. The monoisotopic (exact) mass is 229 g/mol. The molecule has 6 heteroatoms. The van der Waals surface area contributed by atoms with Crippen molar-refractivity contribution in [3.8, 4) is 5.88 Å². The SMILES string of the molecule is O=C(O)c1nc(OC2COC2)ccc1Cl. The van der Waals surface area contributed by atoms with Crippen molar-refractivity contribution in [2.24, 2.45) is 0 Å². The molecule has 1 aliphatic heterocycles. The number of halogens is 1. The molecule has 15 heavy (non-hydrogen) atoms. The summed E-state index contributed by atoms with van der Waals surface area (Å²) < 4.78 is 10.3. The summed E-state index contributed by atoms with van der Waals surface area (Å²) in [4.78, 5) is 14.5. The van der Waals surface area contributed by atoms with Crippen LogP contribution in [0.25, 0.3) is 0 Å². The Morgan fingerprint density at radius 1 is 1.60 bits per heavy atom. The van der Waals surface area contributed by atoms with Gasteiger partial charge in [0.1, 0.15) is 6.10 Å². The van der Waals surface area contributed by atoms with Gasteiger partial charge in [0.2, 0.25) is 5.88 Å². The van der Waals surface area contributed by atoms with Crippen molar-refractivity contribution in [3.05, 3.63) is 22.8 Å². The van der Waals surface area contributed by atoms with Crippen molar-refractivity contribution in [2.45, 2.75) is 6.10 Å². The summed E-state index contributed by atoms with van der Waals surface area (Å²) in [5.74, 6) is -0.916. The lowest BCUT2D eigenvalue weighted by Crippen LogP contribution is -2.38. The van der Waals surface area contributed by atoms with Crippen LogP contribution in [0.4, 0.5) is 0 Å². The zero-order valence-corrected chi connectivity index (χ0v) is 8.40. The summed E-state index contributed by atoms with van der Waals surface area (Å²) in [6.45, 7) is 1.01. The van der Waals surface area contributed by atoms with E-state index in [1.165, 1.54) is 12.1 Å². The maximum absolute atomic E-state index is 10.7. The third kappa shape index (κ3) is 2.19. The van der Waals surface area contributed by atoms with Crippen molar-refractivity contribution in [3.63, 3.8) is 0 Å². The van der Waals surface area contributed by atoms with Gasteiger partial charge in [-0.25, -0.2) is 9.78 Å². The fourth-order valence-corrected chi connectivity index (χ4v) is 1.28. The average Bonchev–Trinajstić information content (AvgIpc) is 2.13. The van der Waals surface area contributed by atoms with Gasteiger partial charge in [0.15, 0.2) is 5.69 Å². The highest BCUT2D eigenvalue weighted by molar-refractivity contribution is 6.33. The van der Waals surface area contributed by atoms with Gasteiger partial charge in [-0.15, -0.1) is 0 Å². The molecule has 1 aliphatic rings. The molecule has 1 aromatic heterocycles. The fourth-order valence-electron chi connectivity index (χ4n) is 1.09. The van der Waals surface area contributed by atoms with E-state index in [4.69, 9.17) is 26.2 Å². The van der Waals surface area contributed by atoms with Gasteiger partial charge in [-0.3, -0.25) is 0 Å². The van der Waals surface area contributed by atoms with E-state index >= 15 is 0 Å². The van der Waals surface area contributed by atoms with Gasteiger partial charge in [-0.2, -0.15) is 0 Å². The minimum atomic E-state index is -1.17. The molecule has 5 nitrogen and oxygen atoms in total. The molecule has 0 aromatic carbocycles. The Hall–Kier alpha value is -1.33. The van der Waals surface area contributed by atoms with Crippen LogP contribution in [-0.4, -0.2) is 35.4 Å². The molecule has 0 unspecified atom stereocenters. The third-order valence-electron chi connectivity index (χ3n) is 1.92. The number of carbonyl (C=O) groups is 1. The Balaban J connectivity index is 2.17. The number of ether oxygens (including phenoxy) is 2. The van der Waals surface area contributed by atoms with Crippen molar-refractivity contribution >= 4 is 17.6 Å². The van der Waals surface area contributed by atoms with Gasteiger partial charge in [0, 0.05) is 6.07 Å². The number of rotatable bonds is 3. The van der Waals surface area contributed by atoms with E-state index in [2.05, 4.69) is 4.98 Å². The average molecular weight is 230 g/mol. The molecule has 2 heterocycles. The lowest BCUT2D eigenvalue weighted by Gasteiger charge is -2.26. The Bertz CT molecular complexity index is 392. The van der Waals surface area contributed by atoms with Gasteiger partial charge >= 0.3 is 5.97 Å². The van der Waals surface area contributed by atoms with Crippen LogP contribution in [0.3, 0.4) is 0 Å². The van der Waals surface area contributed by atoms with Crippen LogP contribution >= 0.6 is 11.6 Å². The molecule has 0 radical (unpaired) electrons. The molecule has 2 rings (SSSR count). The Kier molecular flexibility index (Phi) is 2.75. The summed E-state index contributed by atoms with van der Waals surface area (Å²) in [7, 11) is 0. The van der Waals surface area contributed by atoms with Gasteiger partial charge in [-0.1, -0.05) is 11.6 Å². The fraction of sp³-hybridized carbons (Fsp3) is 0.333. The van der Waals surface area contributed by atoms with Crippen molar-refractivity contribution < 1.29 is 19.4 Å². The summed E-state index contributed by atoms with van der Waals surface area (Å²) in [5, 5.41) is 8.87. The van der Waals surface area contributed by atoms with Crippen LogP contribution in [0.1, 0.15) is 10.5 Å². The Morgan fingerprint density at radius 3 is 2.87 bits per heavy atom. The van der Waals surface area contributed by atoms with E-state index in [9.17, 15) is 4.79 Å². The smallest absolute Gasteiger partial charge is 0.356 e. The first-order chi connectivity index (χ1) is 7.16. The lowest BCUT2D eigenvalue weighted by molar-refractivity contribution is -0.0813. The lowest BCUT2D eigenvalue weighted by atomic mass is 10.3. The second-order valence-electron chi connectivity index (χ2n) is 3.06. The zero-order valence-electron chi connectivity index (χ0n) is 7.64. The van der Waals surface area contributed by atoms with Gasteiger partial charge < -0.3 is 14.6 Å². The highest BCUT2D eigenvalue weighted by Crippen LogP contribution is 2.20. The predicted octanol–water partition coefficient (Wildman–Crippen LogP) is 1.21. The number of carboxylic acids is 1. The van der Waals surface area contributed by atoms with Gasteiger partial charge in [0.05, 0.1) is 18.2 Å². The molecular weight excluding hydrogens is 222 g/mol. The standard InChI is InChI=1S/C9H8ClNO4/c10-6-1-2-7(11-8(6)9(12)13)15-5-3-14-4-5/h1-2,5H,3-4H2,(H,12,13). The van der Waals surface area contributed by atoms with Crippen LogP contribution in [0.5, 0.6) is 5.88 Å². The number of aromatic carboxylic acids is 1. The van der Waals surface area contributed by atoms with Crippen LogP contribution in [-0.2, 0) is 4.74 Å². The molecule has 0 spiro atoms. The maximum atomic E-state index is 10.7. The minimum Gasteiger partial charge on any atom is -0.476 e. The van der Waals surface area contributed by atoms with E-state index in [0.29, 0.717) is 13.2 Å². The molecule has 0 saturated carbocycles. The number of nitrogens with zero attached hydrogens (tertiary/aromatic N) is 1. The van der Waals surface area contributed by atoms with E-state index < -0.39 is 5.97 Å². The van der Waals surface area contributed by atoms with E-state index in [0.717, 1.165) is 0 Å². The van der Waals surface area contributed by atoms with Crippen LogP contribution in [0.2, 0.25) is 5.02 Å². The highest BCUT2D eigenvalue weighted by Gasteiger charge is 2.21. The van der Waals surface area contributed by atoms with E-state index in [-0.39, 0.29) is 22.7 Å². The number of hydrogen-bond donors (Lipinski definition) is 1. The quantitative estimate of drug-likeness (QED) is 0.844. The molecule has 1 N–H and O–H groups in total. The predicted molar refractivity (Wildman–Crippen MR) is 51.4 cm³/mol. The largest absolute Gasteiger partial charge is 0.476 e. The molecule has 80 valence electrons. The molecular formula is C9H8ClNO4. The number of pyridine rings is 1. The second-order valence-corrected chi connectivity index (χ2v) is 3.47. The van der Waals surface area contributed by atoms with Crippen LogP contribution in [0, 0.1) is 0 Å². The number of carboxylic acid groups (broad SMARTS) is 1.